The van der Waals surface area contributed by atoms with Crippen LogP contribution in [-0.4, -0.2) is 20.8 Å². The molecule has 1 heterocycles. The van der Waals surface area contributed by atoms with Crippen molar-refractivity contribution >= 4 is 16.9 Å². The fourth-order valence-corrected chi connectivity index (χ4v) is 5.28. The van der Waals surface area contributed by atoms with Crippen LogP contribution in [0, 0.1) is 0 Å². The molecule has 4 heteroatoms. The number of hydrogen-bond donors (Lipinski definition) is 0. The van der Waals surface area contributed by atoms with Crippen molar-refractivity contribution in [2.75, 3.05) is 0 Å². The molecular weight excluding hydrogens is 394 g/mol. The van der Waals surface area contributed by atoms with Crippen molar-refractivity contribution in [3.05, 3.63) is 107 Å². The van der Waals surface area contributed by atoms with Gasteiger partial charge in [0.05, 0.1) is 22.4 Å². The molecule has 0 spiro atoms. The third-order valence-electron chi connectivity index (χ3n) is 6.89. The van der Waals surface area contributed by atoms with Crippen LogP contribution in [-0.2, 0) is 13.1 Å². The van der Waals surface area contributed by atoms with E-state index >= 15 is 0 Å². The fraction of sp³-hybridized carbons (Fsp3) is 0.250. The molecule has 0 radical (unpaired) electrons. The number of benzene rings is 3. The summed E-state index contributed by atoms with van der Waals surface area (Å²) in [5.74, 6) is 1.16. The van der Waals surface area contributed by atoms with E-state index in [-0.39, 0.29) is 5.91 Å². The molecule has 4 aromatic rings. The number of fused-ring (bicyclic) bond motifs is 6. The maximum Gasteiger partial charge on any atom is 0.254 e. The predicted octanol–water partition coefficient (Wildman–Crippen LogP) is 5.84. The van der Waals surface area contributed by atoms with Crippen molar-refractivity contribution in [1.29, 1.82) is 0 Å². The number of rotatable bonds is 5. The molecule has 6 rings (SSSR count). The van der Waals surface area contributed by atoms with Gasteiger partial charge >= 0.3 is 0 Å². The highest BCUT2D eigenvalue weighted by Gasteiger charge is 2.39. The van der Waals surface area contributed by atoms with Gasteiger partial charge in [-0.2, -0.15) is 0 Å². The average molecular weight is 420 g/mol. The SMILES string of the molecule is O=C(c1ccc2nc3c(nc2c1)C1CCC3C1)N(Cc1ccccc1)Cc1ccccc1. The second-order valence-electron chi connectivity index (χ2n) is 9.04. The Morgan fingerprint density at radius 2 is 1.31 bits per heavy atom. The van der Waals surface area contributed by atoms with E-state index in [0.29, 0.717) is 30.5 Å². The lowest BCUT2D eigenvalue weighted by Crippen LogP contribution is -2.30. The maximum atomic E-state index is 13.6. The molecule has 2 aliphatic rings. The van der Waals surface area contributed by atoms with Gasteiger partial charge in [0.15, 0.2) is 0 Å². The zero-order chi connectivity index (χ0) is 21.5. The Morgan fingerprint density at radius 3 is 1.91 bits per heavy atom. The quantitative estimate of drug-likeness (QED) is 0.408. The smallest absolute Gasteiger partial charge is 0.254 e. The summed E-state index contributed by atoms with van der Waals surface area (Å²) in [6.45, 7) is 1.12. The van der Waals surface area contributed by atoms with Crippen LogP contribution in [0.25, 0.3) is 11.0 Å². The second-order valence-corrected chi connectivity index (χ2v) is 9.04. The third kappa shape index (κ3) is 3.46. The van der Waals surface area contributed by atoms with Crippen molar-refractivity contribution < 1.29 is 4.79 Å². The molecule has 1 fully saturated rings. The molecule has 1 amide bonds. The Hall–Kier alpha value is -3.53. The van der Waals surface area contributed by atoms with Crippen LogP contribution in [0.5, 0.6) is 0 Å². The van der Waals surface area contributed by atoms with Crippen molar-refractivity contribution in [3.8, 4) is 0 Å². The van der Waals surface area contributed by atoms with E-state index in [0.717, 1.165) is 22.2 Å². The highest BCUT2D eigenvalue weighted by Crippen LogP contribution is 2.51. The Bertz CT molecular complexity index is 1240. The minimum atomic E-state index is 0.0171. The molecule has 0 saturated heterocycles. The van der Waals surface area contributed by atoms with Gasteiger partial charge in [-0.1, -0.05) is 60.7 Å². The molecule has 2 bridgehead atoms. The molecule has 32 heavy (non-hydrogen) atoms. The highest BCUT2D eigenvalue weighted by molar-refractivity contribution is 5.97. The molecule has 1 aromatic heterocycles. The van der Waals surface area contributed by atoms with Gasteiger partial charge in [-0.25, -0.2) is 9.97 Å². The number of amides is 1. The normalized spacial score (nSPS) is 18.6. The summed E-state index contributed by atoms with van der Waals surface area (Å²) in [5.41, 5.74) is 7.00. The van der Waals surface area contributed by atoms with Crippen molar-refractivity contribution in [3.63, 3.8) is 0 Å². The highest BCUT2D eigenvalue weighted by atomic mass is 16.2. The third-order valence-corrected chi connectivity index (χ3v) is 6.89. The van der Waals surface area contributed by atoms with E-state index in [1.54, 1.807) is 0 Å². The van der Waals surface area contributed by atoms with Crippen molar-refractivity contribution in [2.45, 2.75) is 44.2 Å². The van der Waals surface area contributed by atoms with E-state index in [4.69, 9.17) is 9.97 Å². The molecule has 0 aliphatic heterocycles. The molecule has 2 atom stereocenters. The maximum absolute atomic E-state index is 13.6. The minimum Gasteiger partial charge on any atom is -0.330 e. The van der Waals surface area contributed by atoms with Crippen LogP contribution in [0.4, 0.5) is 0 Å². The van der Waals surface area contributed by atoms with Crippen LogP contribution in [0.3, 0.4) is 0 Å². The summed E-state index contributed by atoms with van der Waals surface area (Å²) in [7, 11) is 0. The molecule has 1 saturated carbocycles. The van der Waals surface area contributed by atoms with Gasteiger partial charge in [-0.3, -0.25) is 4.79 Å². The zero-order valence-electron chi connectivity index (χ0n) is 17.9. The zero-order valence-corrected chi connectivity index (χ0v) is 17.9. The number of nitrogens with zero attached hydrogens (tertiary/aromatic N) is 3. The molecule has 3 aromatic carbocycles. The van der Waals surface area contributed by atoms with Gasteiger partial charge in [0.2, 0.25) is 0 Å². The Kier molecular flexibility index (Phi) is 4.71. The van der Waals surface area contributed by atoms with E-state index < -0.39 is 0 Å². The topological polar surface area (TPSA) is 46.1 Å². The Balaban J connectivity index is 1.34. The summed E-state index contributed by atoms with van der Waals surface area (Å²) in [6.07, 6.45) is 3.65. The largest absolute Gasteiger partial charge is 0.330 e. The van der Waals surface area contributed by atoms with E-state index in [2.05, 4.69) is 24.3 Å². The van der Waals surface area contributed by atoms with Crippen LogP contribution < -0.4 is 0 Å². The van der Waals surface area contributed by atoms with Crippen LogP contribution in [0.1, 0.15) is 64.0 Å². The lowest BCUT2D eigenvalue weighted by Gasteiger charge is -2.23. The van der Waals surface area contributed by atoms with Crippen molar-refractivity contribution in [2.24, 2.45) is 0 Å². The molecule has 2 unspecified atom stereocenters. The lowest BCUT2D eigenvalue weighted by atomic mass is 10.00. The number of hydrogen-bond acceptors (Lipinski definition) is 3. The van der Waals surface area contributed by atoms with E-state index in [1.165, 1.54) is 30.7 Å². The van der Waals surface area contributed by atoms with Crippen molar-refractivity contribution in [1.82, 2.24) is 14.9 Å². The van der Waals surface area contributed by atoms with E-state index in [9.17, 15) is 4.79 Å². The Labute approximate surface area is 187 Å². The predicted molar refractivity (Wildman–Crippen MR) is 125 cm³/mol. The fourth-order valence-electron chi connectivity index (χ4n) is 5.28. The summed E-state index contributed by atoms with van der Waals surface area (Å²) in [5, 5.41) is 0. The van der Waals surface area contributed by atoms with Gasteiger partial charge in [-0.15, -0.1) is 0 Å². The molecule has 158 valence electrons. The first-order valence-electron chi connectivity index (χ1n) is 11.4. The lowest BCUT2D eigenvalue weighted by molar-refractivity contribution is 0.0730. The summed E-state index contributed by atoms with van der Waals surface area (Å²) in [4.78, 5) is 25.5. The molecule has 4 nitrogen and oxygen atoms in total. The molecule has 0 N–H and O–H groups in total. The Morgan fingerprint density at radius 1 is 0.750 bits per heavy atom. The number of aromatic nitrogens is 2. The first kappa shape index (κ1) is 19.2. The number of carbonyl (C=O) groups excluding carboxylic acids is 1. The van der Waals surface area contributed by atoms with E-state index in [1.807, 2.05) is 59.5 Å². The summed E-state index contributed by atoms with van der Waals surface area (Å²) in [6, 6.07) is 26.1. The van der Waals surface area contributed by atoms with Gasteiger partial charge < -0.3 is 4.90 Å². The first-order chi connectivity index (χ1) is 15.7. The molecule has 2 aliphatic carbocycles. The second kappa shape index (κ2) is 7.86. The first-order valence-corrected chi connectivity index (χ1v) is 11.4. The number of carbonyl (C=O) groups is 1. The summed E-state index contributed by atoms with van der Waals surface area (Å²) >= 11 is 0. The monoisotopic (exact) mass is 419 g/mol. The van der Waals surface area contributed by atoms with Gasteiger partial charge in [0.25, 0.3) is 5.91 Å². The summed E-state index contributed by atoms with van der Waals surface area (Å²) < 4.78 is 0. The minimum absolute atomic E-state index is 0.0171. The van der Waals surface area contributed by atoms with Gasteiger partial charge in [-0.05, 0) is 48.6 Å². The average Bonchev–Trinajstić information content (AvgIpc) is 3.45. The van der Waals surface area contributed by atoms with Gasteiger partial charge in [0, 0.05) is 30.5 Å². The standard InChI is InChI=1S/C28H25N3O/c32-28(31(17-19-7-3-1-4-8-19)18-20-9-5-2-6-10-20)23-13-14-24-25(16-23)30-27-22-12-11-21(15-22)26(27)29-24/h1-10,13-14,16,21-22H,11-12,15,17-18H2. The van der Waals surface area contributed by atoms with Crippen LogP contribution >= 0.6 is 0 Å². The van der Waals surface area contributed by atoms with Gasteiger partial charge in [0.1, 0.15) is 0 Å². The molecular formula is C28H25N3O. The van der Waals surface area contributed by atoms with Crippen LogP contribution in [0.2, 0.25) is 0 Å². The van der Waals surface area contributed by atoms with Crippen LogP contribution in [0.15, 0.2) is 78.9 Å².